The molecule has 2 aromatic rings. The summed E-state index contributed by atoms with van der Waals surface area (Å²) in [5.41, 5.74) is 10.4. The Bertz CT molecular complexity index is 692. The van der Waals surface area contributed by atoms with Crippen molar-refractivity contribution in [1.82, 2.24) is 0 Å². The van der Waals surface area contributed by atoms with Crippen LogP contribution in [0.15, 0.2) is 42.5 Å². The number of aryl methyl sites for hydroxylation is 1. The number of anilines is 1. The van der Waals surface area contributed by atoms with E-state index in [-0.39, 0.29) is 8.67 Å². The first-order chi connectivity index (χ1) is 11.8. The van der Waals surface area contributed by atoms with E-state index in [2.05, 4.69) is 13.8 Å². The predicted octanol–water partition coefficient (Wildman–Crippen LogP) is 6.65. The number of rotatable bonds is 3. The van der Waals surface area contributed by atoms with Gasteiger partial charge in [0.15, 0.2) is 0 Å². The molecule has 0 heterocycles. The molecule has 1 fully saturated rings. The molecule has 0 aromatic heterocycles. The van der Waals surface area contributed by atoms with Crippen LogP contribution in [0, 0.1) is 23.6 Å². The molecule has 0 radical (unpaired) electrons. The maximum atomic E-state index is 12.8. The lowest BCUT2D eigenvalue weighted by molar-refractivity contribution is 0.627. The molecule has 3 N–H and O–H groups in total. The van der Waals surface area contributed by atoms with E-state index in [0.29, 0.717) is 17.8 Å². The van der Waals surface area contributed by atoms with Crippen molar-refractivity contribution in [1.29, 1.82) is 5.41 Å². The van der Waals surface area contributed by atoms with Gasteiger partial charge in [0.05, 0.1) is 0 Å². The van der Waals surface area contributed by atoms with Crippen molar-refractivity contribution in [2.24, 2.45) is 5.41 Å². The number of hydrogen-bond donors (Lipinski definition) is 2. The first-order valence-electron chi connectivity index (χ1n) is 8.95. The molecule has 140 valence electrons. The SMILES string of the molecule is CC.CC1(C)CC1.Cc1ccc(C(=N)Cc2ccc(F)cc2)c(N)c1.[HH].[HH]. The molecule has 1 saturated carbocycles. The minimum Gasteiger partial charge on any atom is -0.398 e. The van der Waals surface area contributed by atoms with Gasteiger partial charge in [-0.3, -0.25) is 0 Å². The largest absolute Gasteiger partial charge is 0.398 e. The number of halogens is 1. The molecule has 1 aliphatic rings. The van der Waals surface area contributed by atoms with E-state index in [9.17, 15) is 4.39 Å². The van der Waals surface area contributed by atoms with Crippen molar-refractivity contribution in [2.75, 3.05) is 5.73 Å². The Kier molecular flexibility index (Phi) is 7.82. The monoisotopic (exact) mass is 346 g/mol. The molecule has 25 heavy (non-hydrogen) atoms. The summed E-state index contributed by atoms with van der Waals surface area (Å²) >= 11 is 0. The van der Waals surface area contributed by atoms with E-state index >= 15 is 0 Å². The Morgan fingerprint density at radius 1 is 1.12 bits per heavy atom. The lowest BCUT2D eigenvalue weighted by Crippen LogP contribution is -2.07. The summed E-state index contributed by atoms with van der Waals surface area (Å²) in [4.78, 5) is 0. The molecule has 1 aliphatic carbocycles. The van der Waals surface area contributed by atoms with Gasteiger partial charge in [-0.2, -0.15) is 0 Å². The van der Waals surface area contributed by atoms with Gasteiger partial charge in [0, 0.05) is 26.2 Å². The molecule has 3 rings (SSSR count). The Morgan fingerprint density at radius 2 is 1.64 bits per heavy atom. The van der Waals surface area contributed by atoms with Crippen LogP contribution in [0.3, 0.4) is 0 Å². The van der Waals surface area contributed by atoms with Gasteiger partial charge in [-0.1, -0.05) is 52.0 Å². The Labute approximate surface area is 154 Å². The lowest BCUT2D eigenvalue weighted by Gasteiger charge is -2.08. The average molecular weight is 347 g/mol. The van der Waals surface area contributed by atoms with Crippen molar-refractivity contribution in [3.8, 4) is 0 Å². The topological polar surface area (TPSA) is 49.9 Å². The van der Waals surface area contributed by atoms with Gasteiger partial charge in [0.1, 0.15) is 5.82 Å². The minimum absolute atomic E-state index is 0. The lowest BCUT2D eigenvalue weighted by atomic mass is 10.00. The summed E-state index contributed by atoms with van der Waals surface area (Å²) in [6.07, 6.45) is 3.35. The molecule has 0 atom stereocenters. The third kappa shape index (κ3) is 7.51. The molecule has 2 nitrogen and oxygen atoms in total. The molecule has 2 aromatic carbocycles. The molecule has 0 spiro atoms. The highest BCUT2D eigenvalue weighted by atomic mass is 19.1. The molecular formula is C22H35FN2. The standard InChI is InChI=1S/C15H15FN2.C5H10.C2H6.2H2/c1-10-2-7-13(14(17)8-10)15(18)9-11-3-5-12(16)6-4-11;1-5(2)3-4-5;1-2;;/h2-8,18H,9,17H2,1H3;3-4H2,1-2H3;1-2H3;2*1H. The third-order valence-corrected chi connectivity index (χ3v) is 4.08. The quantitative estimate of drug-likeness (QED) is 0.474. The second-order valence-electron chi connectivity index (χ2n) is 7.04. The zero-order valence-corrected chi connectivity index (χ0v) is 16.1. The van der Waals surface area contributed by atoms with Crippen molar-refractivity contribution >= 4 is 11.4 Å². The van der Waals surface area contributed by atoms with Gasteiger partial charge in [-0.15, -0.1) is 0 Å². The molecule has 0 amide bonds. The smallest absolute Gasteiger partial charge is 0.123 e. The number of nitrogens with one attached hydrogen (secondary N) is 1. The summed E-state index contributed by atoms with van der Waals surface area (Å²) in [7, 11) is 0. The second kappa shape index (κ2) is 9.36. The fraction of sp³-hybridized carbons (Fsp3) is 0.409. The summed E-state index contributed by atoms with van der Waals surface area (Å²) < 4.78 is 12.8. The zero-order chi connectivity index (χ0) is 19.0. The highest BCUT2D eigenvalue weighted by Crippen LogP contribution is 2.43. The predicted molar refractivity (Wildman–Crippen MR) is 111 cm³/mol. The van der Waals surface area contributed by atoms with Gasteiger partial charge < -0.3 is 11.1 Å². The maximum Gasteiger partial charge on any atom is 0.123 e. The Balaban J connectivity index is 0. The van der Waals surface area contributed by atoms with Crippen LogP contribution in [0.1, 0.15) is 60.1 Å². The summed E-state index contributed by atoms with van der Waals surface area (Å²) in [5.74, 6) is -0.264. The van der Waals surface area contributed by atoms with E-state index in [4.69, 9.17) is 11.1 Å². The van der Waals surface area contributed by atoms with Crippen LogP contribution < -0.4 is 5.73 Å². The number of nitrogen functional groups attached to an aromatic ring is 1. The van der Waals surface area contributed by atoms with Crippen LogP contribution in [0.2, 0.25) is 0 Å². The number of nitrogens with two attached hydrogens (primary N) is 1. The van der Waals surface area contributed by atoms with E-state index in [0.717, 1.165) is 22.1 Å². The Hall–Kier alpha value is -2.16. The number of benzene rings is 2. The zero-order valence-electron chi connectivity index (χ0n) is 16.1. The minimum atomic E-state index is -0.264. The molecule has 0 unspecified atom stereocenters. The molecule has 3 heteroatoms. The van der Waals surface area contributed by atoms with Gasteiger partial charge in [-0.05, 0) is 54.5 Å². The van der Waals surface area contributed by atoms with E-state index in [1.54, 1.807) is 12.1 Å². The highest BCUT2D eigenvalue weighted by molar-refractivity contribution is 6.03. The van der Waals surface area contributed by atoms with Crippen molar-refractivity contribution < 1.29 is 7.24 Å². The van der Waals surface area contributed by atoms with Crippen LogP contribution in [-0.2, 0) is 6.42 Å². The fourth-order valence-corrected chi connectivity index (χ4v) is 2.11. The normalized spacial score (nSPS) is 13.7. The third-order valence-electron chi connectivity index (χ3n) is 4.08. The van der Waals surface area contributed by atoms with Crippen molar-refractivity contribution in [2.45, 2.75) is 53.9 Å². The van der Waals surface area contributed by atoms with Gasteiger partial charge >= 0.3 is 0 Å². The van der Waals surface area contributed by atoms with Crippen LogP contribution in [-0.4, -0.2) is 5.71 Å². The molecule has 0 saturated heterocycles. The van der Waals surface area contributed by atoms with E-state index in [1.165, 1.54) is 25.0 Å². The second-order valence-corrected chi connectivity index (χ2v) is 7.04. The van der Waals surface area contributed by atoms with E-state index < -0.39 is 0 Å². The Morgan fingerprint density at radius 3 is 2.08 bits per heavy atom. The van der Waals surface area contributed by atoms with Crippen molar-refractivity contribution in [3.05, 3.63) is 65.0 Å². The molecular weight excluding hydrogens is 311 g/mol. The molecule has 0 bridgehead atoms. The van der Waals surface area contributed by atoms with Crippen LogP contribution in [0.4, 0.5) is 10.1 Å². The summed E-state index contributed by atoms with van der Waals surface area (Å²) in [6, 6.07) is 11.8. The van der Waals surface area contributed by atoms with Gasteiger partial charge in [0.25, 0.3) is 0 Å². The first-order valence-corrected chi connectivity index (χ1v) is 8.95. The van der Waals surface area contributed by atoms with Crippen molar-refractivity contribution in [3.63, 3.8) is 0 Å². The van der Waals surface area contributed by atoms with Crippen LogP contribution in [0.25, 0.3) is 0 Å². The number of hydrogen-bond acceptors (Lipinski definition) is 2. The van der Waals surface area contributed by atoms with Crippen LogP contribution >= 0.6 is 0 Å². The maximum absolute atomic E-state index is 12.8. The van der Waals surface area contributed by atoms with Crippen LogP contribution in [0.5, 0.6) is 0 Å². The first kappa shape index (κ1) is 20.9. The fourth-order valence-electron chi connectivity index (χ4n) is 2.11. The summed E-state index contributed by atoms with van der Waals surface area (Å²) in [5, 5.41) is 8.06. The van der Waals surface area contributed by atoms with Gasteiger partial charge in [-0.25, -0.2) is 4.39 Å². The van der Waals surface area contributed by atoms with Gasteiger partial charge in [0.2, 0.25) is 0 Å². The van der Waals surface area contributed by atoms with E-state index in [1.807, 2.05) is 39.0 Å². The average Bonchev–Trinajstić information content (AvgIpc) is 3.27. The molecule has 0 aliphatic heterocycles. The highest BCUT2D eigenvalue weighted by Gasteiger charge is 2.30. The summed E-state index contributed by atoms with van der Waals surface area (Å²) in [6.45, 7) is 10.6.